The van der Waals surface area contributed by atoms with Crippen molar-refractivity contribution >= 4 is 28.4 Å². The number of fused-ring (bicyclic) bond motifs is 1. The monoisotopic (exact) mass is 525 g/mol. The van der Waals surface area contributed by atoms with Crippen LogP contribution in [0.3, 0.4) is 0 Å². The SMILES string of the molecule is COc1ccc(C(C(=O)NC2CCCCC2)N(C(=O)Cc2c[nH]c3ccccc23)c2cccc(OC)c2)cc1. The molecule has 7 nitrogen and oxygen atoms in total. The molecule has 1 heterocycles. The van der Waals surface area contributed by atoms with Gasteiger partial charge in [0.15, 0.2) is 0 Å². The van der Waals surface area contributed by atoms with Gasteiger partial charge >= 0.3 is 0 Å². The smallest absolute Gasteiger partial charge is 0.248 e. The van der Waals surface area contributed by atoms with Gasteiger partial charge in [-0.3, -0.25) is 14.5 Å². The van der Waals surface area contributed by atoms with Gasteiger partial charge in [0, 0.05) is 34.9 Å². The summed E-state index contributed by atoms with van der Waals surface area (Å²) in [6.45, 7) is 0. The van der Waals surface area contributed by atoms with Gasteiger partial charge in [-0.25, -0.2) is 0 Å². The molecule has 0 radical (unpaired) electrons. The molecule has 5 rings (SSSR count). The highest BCUT2D eigenvalue weighted by Gasteiger charge is 2.34. The van der Waals surface area contributed by atoms with Crippen molar-refractivity contribution in [3.05, 3.63) is 90.1 Å². The molecule has 39 heavy (non-hydrogen) atoms. The molecule has 0 bridgehead atoms. The van der Waals surface area contributed by atoms with E-state index in [2.05, 4.69) is 10.3 Å². The van der Waals surface area contributed by atoms with Gasteiger partial charge in [0.2, 0.25) is 11.8 Å². The largest absolute Gasteiger partial charge is 0.497 e. The maximum absolute atomic E-state index is 14.3. The van der Waals surface area contributed by atoms with Crippen LogP contribution in [0, 0.1) is 0 Å². The highest BCUT2D eigenvalue weighted by molar-refractivity contribution is 6.03. The summed E-state index contributed by atoms with van der Waals surface area (Å²) < 4.78 is 10.8. The van der Waals surface area contributed by atoms with Crippen LogP contribution in [-0.4, -0.2) is 37.1 Å². The Morgan fingerprint density at radius 3 is 2.41 bits per heavy atom. The second-order valence-electron chi connectivity index (χ2n) is 10.0. The molecule has 1 saturated carbocycles. The fourth-order valence-electron chi connectivity index (χ4n) is 5.45. The third-order valence-electron chi connectivity index (χ3n) is 7.51. The van der Waals surface area contributed by atoms with Gasteiger partial charge < -0.3 is 19.8 Å². The molecular weight excluding hydrogens is 490 g/mol. The number of H-pyrrole nitrogens is 1. The number of benzene rings is 3. The van der Waals surface area contributed by atoms with Crippen molar-refractivity contribution < 1.29 is 19.1 Å². The van der Waals surface area contributed by atoms with Crippen molar-refractivity contribution in [2.75, 3.05) is 19.1 Å². The predicted molar refractivity (Wildman–Crippen MR) is 153 cm³/mol. The van der Waals surface area contributed by atoms with E-state index >= 15 is 0 Å². The van der Waals surface area contributed by atoms with E-state index in [4.69, 9.17) is 9.47 Å². The Hall–Kier alpha value is -4.26. The summed E-state index contributed by atoms with van der Waals surface area (Å²) in [6.07, 6.45) is 7.27. The Kier molecular flexibility index (Phi) is 8.16. The number of nitrogens with one attached hydrogen (secondary N) is 2. The minimum atomic E-state index is -0.873. The molecule has 1 fully saturated rings. The number of carbonyl (C=O) groups excluding carboxylic acids is 2. The lowest BCUT2D eigenvalue weighted by Gasteiger charge is -2.33. The number of aromatic amines is 1. The van der Waals surface area contributed by atoms with Crippen LogP contribution in [0.2, 0.25) is 0 Å². The van der Waals surface area contributed by atoms with Crippen LogP contribution in [0.5, 0.6) is 11.5 Å². The summed E-state index contributed by atoms with van der Waals surface area (Å²) in [6, 6.07) is 21.8. The van der Waals surface area contributed by atoms with E-state index in [1.807, 2.05) is 72.9 Å². The Bertz CT molecular complexity index is 1420. The summed E-state index contributed by atoms with van der Waals surface area (Å²) in [5.74, 6) is 0.914. The highest BCUT2D eigenvalue weighted by atomic mass is 16.5. The first-order chi connectivity index (χ1) is 19.1. The number of aromatic nitrogens is 1. The molecule has 0 saturated heterocycles. The first-order valence-corrected chi connectivity index (χ1v) is 13.5. The number of hydrogen-bond donors (Lipinski definition) is 2. The molecule has 1 aromatic heterocycles. The van der Waals surface area contributed by atoms with Crippen LogP contribution in [0.4, 0.5) is 5.69 Å². The first-order valence-electron chi connectivity index (χ1n) is 13.5. The topological polar surface area (TPSA) is 83.7 Å². The highest BCUT2D eigenvalue weighted by Crippen LogP contribution is 2.33. The quantitative estimate of drug-likeness (QED) is 0.283. The van der Waals surface area contributed by atoms with Crippen molar-refractivity contribution in [2.45, 2.75) is 50.6 Å². The van der Waals surface area contributed by atoms with Crippen LogP contribution in [0.25, 0.3) is 10.9 Å². The molecular formula is C32H35N3O4. The first kappa shape index (κ1) is 26.4. The summed E-state index contributed by atoms with van der Waals surface area (Å²) >= 11 is 0. The number of methoxy groups -OCH3 is 2. The van der Waals surface area contributed by atoms with Crippen molar-refractivity contribution in [1.82, 2.24) is 10.3 Å². The fourth-order valence-corrected chi connectivity index (χ4v) is 5.45. The number of carbonyl (C=O) groups is 2. The molecule has 7 heteroatoms. The van der Waals surface area contributed by atoms with Crippen molar-refractivity contribution in [2.24, 2.45) is 0 Å². The van der Waals surface area contributed by atoms with Gasteiger partial charge in [0.05, 0.1) is 20.6 Å². The fraction of sp³-hybridized carbons (Fsp3) is 0.312. The minimum absolute atomic E-state index is 0.0999. The molecule has 202 valence electrons. The zero-order valence-corrected chi connectivity index (χ0v) is 22.5. The predicted octanol–water partition coefficient (Wildman–Crippen LogP) is 5.95. The van der Waals surface area contributed by atoms with Gasteiger partial charge in [0.25, 0.3) is 0 Å². The van der Waals surface area contributed by atoms with E-state index in [1.165, 1.54) is 6.42 Å². The molecule has 1 atom stereocenters. The number of para-hydroxylation sites is 1. The molecule has 2 amide bonds. The number of rotatable bonds is 9. The second-order valence-corrected chi connectivity index (χ2v) is 10.0. The zero-order valence-electron chi connectivity index (χ0n) is 22.5. The molecule has 2 N–H and O–H groups in total. The molecule has 0 spiro atoms. The van der Waals surface area contributed by atoms with Crippen LogP contribution in [0.1, 0.15) is 49.3 Å². The normalized spacial score (nSPS) is 14.5. The summed E-state index contributed by atoms with van der Waals surface area (Å²) in [5.41, 5.74) is 3.15. The van der Waals surface area contributed by atoms with Crippen LogP contribution >= 0.6 is 0 Å². The third-order valence-corrected chi connectivity index (χ3v) is 7.51. The van der Waals surface area contributed by atoms with E-state index in [0.29, 0.717) is 22.7 Å². The number of amides is 2. The Balaban J connectivity index is 1.57. The van der Waals surface area contributed by atoms with Gasteiger partial charge in [-0.2, -0.15) is 0 Å². The molecule has 4 aromatic rings. The second kappa shape index (κ2) is 12.1. The minimum Gasteiger partial charge on any atom is -0.497 e. The Labute approximate surface area is 229 Å². The summed E-state index contributed by atoms with van der Waals surface area (Å²) in [7, 11) is 3.20. The van der Waals surface area contributed by atoms with E-state index in [9.17, 15) is 9.59 Å². The molecule has 1 aliphatic rings. The average Bonchev–Trinajstić information content (AvgIpc) is 3.39. The van der Waals surface area contributed by atoms with E-state index in [0.717, 1.165) is 42.1 Å². The lowest BCUT2D eigenvalue weighted by molar-refractivity contribution is -0.127. The van der Waals surface area contributed by atoms with E-state index in [-0.39, 0.29) is 24.3 Å². The summed E-state index contributed by atoms with van der Waals surface area (Å²) in [4.78, 5) is 33.2. The van der Waals surface area contributed by atoms with E-state index in [1.54, 1.807) is 25.2 Å². The molecule has 0 aliphatic heterocycles. The van der Waals surface area contributed by atoms with Crippen LogP contribution in [-0.2, 0) is 16.0 Å². The third kappa shape index (κ3) is 5.93. The van der Waals surface area contributed by atoms with E-state index < -0.39 is 6.04 Å². The van der Waals surface area contributed by atoms with Crippen molar-refractivity contribution in [1.29, 1.82) is 0 Å². The number of ether oxygens (including phenoxy) is 2. The molecule has 1 aliphatic carbocycles. The lowest BCUT2D eigenvalue weighted by atomic mass is 9.94. The Morgan fingerprint density at radius 2 is 1.67 bits per heavy atom. The maximum Gasteiger partial charge on any atom is 0.248 e. The number of anilines is 1. The molecule has 3 aromatic carbocycles. The van der Waals surface area contributed by atoms with Gasteiger partial charge in [-0.1, -0.05) is 55.7 Å². The van der Waals surface area contributed by atoms with Crippen molar-refractivity contribution in [3.8, 4) is 11.5 Å². The van der Waals surface area contributed by atoms with Gasteiger partial charge in [0.1, 0.15) is 17.5 Å². The number of hydrogen-bond acceptors (Lipinski definition) is 4. The lowest BCUT2D eigenvalue weighted by Crippen LogP contribution is -2.47. The standard InChI is InChI=1S/C32H35N3O4/c1-38-26-17-15-22(16-18-26)31(32(37)34-24-9-4-3-5-10-24)35(25-11-8-12-27(20-25)39-2)30(36)19-23-21-33-29-14-7-6-13-28(23)29/h6-8,11-18,20-21,24,31,33H,3-5,9-10,19H2,1-2H3,(H,34,37). The van der Waals surface area contributed by atoms with Crippen LogP contribution < -0.4 is 19.7 Å². The summed E-state index contributed by atoms with van der Waals surface area (Å²) in [5, 5.41) is 4.26. The van der Waals surface area contributed by atoms with Crippen LogP contribution in [0.15, 0.2) is 79.0 Å². The number of nitrogens with zero attached hydrogens (tertiary/aromatic N) is 1. The maximum atomic E-state index is 14.3. The van der Waals surface area contributed by atoms with Gasteiger partial charge in [-0.15, -0.1) is 0 Å². The molecule has 1 unspecified atom stereocenters. The van der Waals surface area contributed by atoms with Gasteiger partial charge in [-0.05, 0) is 54.3 Å². The van der Waals surface area contributed by atoms with Crippen molar-refractivity contribution in [3.63, 3.8) is 0 Å². The average molecular weight is 526 g/mol. The zero-order chi connectivity index (χ0) is 27.2. The Morgan fingerprint density at radius 1 is 0.923 bits per heavy atom.